The van der Waals surface area contributed by atoms with Crippen LogP contribution >= 0.6 is 11.8 Å². The van der Waals surface area contributed by atoms with Gasteiger partial charge in [0.05, 0.1) is 5.69 Å². The van der Waals surface area contributed by atoms with Crippen LogP contribution in [0, 0.1) is 23.7 Å². The second-order valence-electron chi connectivity index (χ2n) is 8.90. The number of nitrogens with one attached hydrogen (secondary N) is 1. The van der Waals surface area contributed by atoms with E-state index in [1.54, 1.807) is 11.8 Å². The normalized spacial score (nSPS) is 31.8. The van der Waals surface area contributed by atoms with Gasteiger partial charge in [-0.3, -0.25) is 4.98 Å². The third kappa shape index (κ3) is 3.56. The highest BCUT2D eigenvalue weighted by Gasteiger charge is 2.45. The first kappa shape index (κ1) is 17.8. The number of fused-ring (bicyclic) bond motifs is 2. The van der Waals surface area contributed by atoms with Gasteiger partial charge in [-0.25, -0.2) is 0 Å². The topological polar surface area (TPSA) is 24.9 Å². The number of rotatable bonds is 5. The quantitative estimate of drug-likeness (QED) is 0.668. The van der Waals surface area contributed by atoms with E-state index >= 15 is 0 Å². The molecular formula is C24H30N2S. The predicted octanol–water partition coefficient (Wildman–Crippen LogP) is 5.77. The maximum atomic E-state index is 4.78. The minimum atomic E-state index is 0.716. The first-order valence-corrected chi connectivity index (χ1v) is 11.8. The smallest absolute Gasteiger partial charge is 0.0542 e. The summed E-state index contributed by atoms with van der Waals surface area (Å²) < 4.78 is 0. The van der Waals surface area contributed by atoms with E-state index < -0.39 is 0 Å². The highest BCUT2D eigenvalue weighted by atomic mass is 32.2. The number of hydrogen-bond acceptors (Lipinski definition) is 3. The molecular weight excluding hydrogens is 348 g/mol. The van der Waals surface area contributed by atoms with Crippen LogP contribution in [0.2, 0.25) is 0 Å². The standard InChI is InChI=1S/C24H30N2S/c1-27-24-5-3-2-4-22(24)18-7-8-20(25-14-18)15-26-23-13-17-10-16-6-9-21(23)19(11-16)12-17/h2-5,7-8,14,16-17,19,21,23,26H,6,9-13,15H2,1H3. The lowest BCUT2D eigenvalue weighted by molar-refractivity contribution is 0.00597. The third-order valence-electron chi connectivity index (χ3n) is 7.34. The van der Waals surface area contributed by atoms with Gasteiger partial charge < -0.3 is 5.32 Å². The second kappa shape index (κ2) is 7.60. The predicted molar refractivity (Wildman–Crippen MR) is 114 cm³/mol. The van der Waals surface area contributed by atoms with E-state index in [1.165, 1.54) is 60.2 Å². The van der Waals surface area contributed by atoms with Crippen LogP contribution in [0.15, 0.2) is 47.5 Å². The van der Waals surface area contributed by atoms with Gasteiger partial charge in [0.25, 0.3) is 0 Å². The molecule has 1 aromatic carbocycles. The Hall–Kier alpha value is -1.32. The van der Waals surface area contributed by atoms with Crippen LogP contribution in [-0.4, -0.2) is 17.3 Å². The van der Waals surface area contributed by atoms with Gasteiger partial charge >= 0.3 is 0 Å². The van der Waals surface area contributed by atoms with Crippen molar-refractivity contribution in [3.05, 3.63) is 48.3 Å². The summed E-state index contributed by atoms with van der Waals surface area (Å²) in [6, 6.07) is 13.8. The Morgan fingerprint density at radius 2 is 1.89 bits per heavy atom. The Balaban J connectivity index is 1.25. The largest absolute Gasteiger partial charge is 0.308 e. The molecule has 0 saturated heterocycles. The molecule has 3 aliphatic carbocycles. The van der Waals surface area contributed by atoms with Crippen LogP contribution in [-0.2, 0) is 6.54 Å². The van der Waals surface area contributed by atoms with Crippen molar-refractivity contribution in [2.75, 3.05) is 6.26 Å². The van der Waals surface area contributed by atoms with Gasteiger partial charge in [-0.1, -0.05) is 30.7 Å². The lowest BCUT2D eigenvalue weighted by atomic mass is 9.56. The van der Waals surface area contributed by atoms with Crippen molar-refractivity contribution in [3.8, 4) is 11.1 Å². The number of hydrogen-bond donors (Lipinski definition) is 1. The van der Waals surface area contributed by atoms with Gasteiger partial charge in [0.15, 0.2) is 0 Å². The van der Waals surface area contributed by atoms with Crippen LogP contribution in [0.5, 0.6) is 0 Å². The summed E-state index contributed by atoms with van der Waals surface area (Å²) in [7, 11) is 0. The van der Waals surface area contributed by atoms with Gasteiger partial charge in [0.1, 0.15) is 0 Å². The summed E-state index contributed by atoms with van der Waals surface area (Å²) in [5.74, 6) is 3.98. The summed E-state index contributed by atoms with van der Waals surface area (Å²) in [5, 5.41) is 3.91. The van der Waals surface area contributed by atoms with E-state index in [-0.39, 0.29) is 0 Å². The molecule has 3 fully saturated rings. The molecule has 1 aromatic heterocycles. The molecule has 5 rings (SSSR count). The monoisotopic (exact) mass is 378 g/mol. The number of benzene rings is 1. The molecule has 3 aliphatic rings. The molecule has 0 radical (unpaired) electrons. The highest BCUT2D eigenvalue weighted by molar-refractivity contribution is 7.98. The molecule has 2 aromatic rings. The van der Waals surface area contributed by atoms with Gasteiger partial charge in [0.2, 0.25) is 0 Å². The molecule has 0 spiro atoms. The first-order valence-electron chi connectivity index (χ1n) is 10.6. The van der Waals surface area contributed by atoms with Crippen molar-refractivity contribution in [1.29, 1.82) is 0 Å². The van der Waals surface area contributed by atoms with E-state index in [1.807, 2.05) is 6.20 Å². The first-order chi connectivity index (χ1) is 13.3. The molecule has 142 valence electrons. The fourth-order valence-electron chi connectivity index (χ4n) is 6.16. The molecule has 2 nitrogen and oxygen atoms in total. The van der Waals surface area contributed by atoms with E-state index in [0.717, 1.165) is 30.2 Å². The summed E-state index contributed by atoms with van der Waals surface area (Å²) in [5.41, 5.74) is 3.67. The fourth-order valence-corrected chi connectivity index (χ4v) is 6.78. The van der Waals surface area contributed by atoms with E-state index in [0.29, 0.717) is 6.04 Å². The number of pyridine rings is 1. The van der Waals surface area contributed by atoms with Crippen molar-refractivity contribution in [1.82, 2.24) is 10.3 Å². The van der Waals surface area contributed by atoms with Gasteiger partial charge in [-0.15, -0.1) is 11.8 Å². The maximum absolute atomic E-state index is 4.78. The third-order valence-corrected chi connectivity index (χ3v) is 8.14. The van der Waals surface area contributed by atoms with Crippen LogP contribution in [0.4, 0.5) is 0 Å². The van der Waals surface area contributed by atoms with E-state index in [2.05, 4.69) is 48.0 Å². The van der Waals surface area contributed by atoms with Crippen LogP contribution in [0.1, 0.15) is 44.2 Å². The van der Waals surface area contributed by atoms with E-state index in [9.17, 15) is 0 Å². The van der Waals surface area contributed by atoms with Gasteiger partial charge in [-0.05, 0) is 79.7 Å². The van der Waals surface area contributed by atoms with Crippen LogP contribution in [0.25, 0.3) is 11.1 Å². The molecule has 27 heavy (non-hydrogen) atoms. The van der Waals surface area contributed by atoms with Crippen LogP contribution in [0.3, 0.4) is 0 Å². The summed E-state index contributed by atoms with van der Waals surface area (Å²) >= 11 is 1.80. The molecule has 1 heterocycles. The minimum Gasteiger partial charge on any atom is -0.308 e. The number of aromatic nitrogens is 1. The Labute approximate surface area is 167 Å². The zero-order valence-electron chi connectivity index (χ0n) is 16.2. The zero-order valence-corrected chi connectivity index (χ0v) is 17.0. The Kier molecular flexibility index (Phi) is 5.00. The van der Waals surface area contributed by atoms with Crippen LogP contribution < -0.4 is 5.32 Å². The summed E-state index contributed by atoms with van der Waals surface area (Å²) in [6.45, 7) is 0.911. The van der Waals surface area contributed by atoms with E-state index in [4.69, 9.17) is 4.98 Å². The Morgan fingerprint density at radius 1 is 1.00 bits per heavy atom. The highest BCUT2D eigenvalue weighted by Crippen LogP contribution is 2.52. The van der Waals surface area contributed by atoms with Crippen molar-refractivity contribution >= 4 is 11.8 Å². The van der Waals surface area contributed by atoms with Crippen molar-refractivity contribution in [2.45, 2.75) is 56.0 Å². The lowest BCUT2D eigenvalue weighted by Crippen LogP contribution is -2.50. The second-order valence-corrected chi connectivity index (χ2v) is 9.75. The molecule has 0 aliphatic heterocycles. The average molecular weight is 379 g/mol. The molecule has 3 saturated carbocycles. The summed E-state index contributed by atoms with van der Waals surface area (Å²) in [4.78, 5) is 6.09. The number of nitrogens with zero attached hydrogens (tertiary/aromatic N) is 1. The fraction of sp³-hybridized carbons (Fsp3) is 0.542. The number of thioether (sulfide) groups is 1. The maximum Gasteiger partial charge on any atom is 0.0542 e. The van der Waals surface area contributed by atoms with Crippen molar-refractivity contribution in [2.24, 2.45) is 23.7 Å². The average Bonchev–Trinajstić information content (AvgIpc) is 2.71. The molecule has 3 bridgehead atoms. The van der Waals surface area contributed by atoms with Gasteiger partial charge in [-0.2, -0.15) is 0 Å². The summed E-state index contributed by atoms with van der Waals surface area (Å²) in [6.07, 6.45) is 13.1. The van der Waals surface area contributed by atoms with Crippen molar-refractivity contribution < 1.29 is 0 Å². The lowest BCUT2D eigenvalue weighted by Gasteiger charge is -2.52. The van der Waals surface area contributed by atoms with Gasteiger partial charge in [0, 0.05) is 29.2 Å². The molecule has 0 amide bonds. The zero-order chi connectivity index (χ0) is 18.2. The molecule has 5 unspecified atom stereocenters. The molecule has 1 N–H and O–H groups in total. The molecule has 5 atom stereocenters. The minimum absolute atomic E-state index is 0.716. The SMILES string of the molecule is CSc1ccccc1-c1ccc(CNC2CC3CC4CCC2C(C4)C3)nc1. The Morgan fingerprint density at radius 3 is 2.74 bits per heavy atom. The van der Waals surface area contributed by atoms with Crippen molar-refractivity contribution in [3.63, 3.8) is 0 Å². The molecule has 3 heteroatoms. The Bertz CT molecular complexity index is 781.